The van der Waals surface area contributed by atoms with Gasteiger partial charge in [-0.25, -0.2) is 0 Å². The van der Waals surface area contributed by atoms with Crippen LogP contribution in [-0.2, 0) is 0 Å². The molecular formula is C14H19ClN2. The van der Waals surface area contributed by atoms with E-state index >= 15 is 0 Å². The molecule has 1 aromatic heterocycles. The highest BCUT2D eigenvalue weighted by atomic mass is 35.5. The van der Waals surface area contributed by atoms with Crippen LogP contribution < -0.4 is 0 Å². The summed E-state index contributed by atoms with van der Waals surface area (Å²) in [5.74, 6) is 0. The van der Waals surface area contributed by atoms with Gasteiger partial charge in [0.1, 0.15) is 0 Å². The van der Waals surface area contributed by atoms with E-state index in [0.29, 0.717) is 0 Å². The quantitative estimate of drug-likeness (QED) is 0.774. The van der Waals surface area contributed by atoms with Gasteiger partial charge in [-0.15, -0.1) is 12.4 Å². The van der Waals surface area contributed by atoms with Gasteiger partial charge in [-0.3, -0.25) is 4.99 Å². The van der Waals surface area contributed by atoms with Crippen LogP contribution in [-0.4, -0.2) is 11.2 Å². The van der Waals surface area contributed by atoms with E-state index in [9.17, 15) is 0 Å². The standard InChI is InChI=1S/C14H18N2.ClH/c1-8-6-15-13(10(8)3)12(5)14-11(4)9(2)7-16-14;/h6-7,15H,1-5H3;1H/b14-12-;. The number of aliphatic imine (C=N–C) groups is 1. The number of aromatic amines is 1. The molecule has 1 aliphatic rings. The van der Waals surface area contributed by atoms with Gasteiger partial charge in [0.2, 0.25) is 0 Å². The van der Waals surface area contributed by atoms with Gasteiger partial charge in [-0.1, -0.05) is 0 Å². The Bertz CT molecular complexity index is 530. The highest BCUT2D eigenvalue weighted by molar-refractivity contribution is 5.89. The van der Waals surface area contributed by atoms with E-state index in [-0.39, 0.29) is 12.4 Å². The first-order valence-electron chi connectivity index (χ1n) is 5.60. The second-order valence-corrected chi connectivity index (χ2v) is 4.51. The molecule has 3 heteroatoms. The molecule has 0 spiro atoms. The predicted molar refractivity (Wildman–Crippen MR) is 77.0 cm³/mol. The normalized spacial score (nSPS) is 17.5. The van der Waals surface area contributed by atoms with Crippen molar-refractivity contribution in [3.63, 3.8) is 0 Å². The molecule has 2 heterocycles. The zero-order chi connectivity index (χ0) is 11.9. The molecule has 0 radical (unpaired) electrons. The molecule has 0 fully saturated rings. The summed E-state index contributed by atoms with van der Waals surface area (Å²) in [5.41, 5.74) is 8.71. The van der Waals surface area contributed by atoms with Gasteiger partial charge in [0.05, 0.1) is 5.70 Å². The van der Waals surface area contributed by atoms with E-state index in [4.69, 9.17) is 0 Å². The van der Waals surface area contributed by atoms with E-state index in [2.05, 4.69) is 50.8 Å². The van der Waals surface area contributed by atoms with Gasteiger partial charge in [-0.2, -0.15) is 0 Å². The smallest absolute Gasteiger partial charge is 0.0712 e. The van der Waals surface area contributed by atoms with Gasteiger partial charge in [0.25, 0.3) is 0 Å². The third-order valence-corrected chi connectivity index (χ3v) is 3.46. The number of allylic oxidation sites excluding steroid dienone is 3. The van der Waals surface area contributed by atoms with E-state index in [1.165, 1.54) is 33.5 Å². The van der Waals surface area contributed by atoms with Crippen molar-refractivity contribution in [1.82, 2.24) is 4.98 Å². The van der Waals surface area contributed by atoms with Gasteiger partial charge in [-0.05, 0) is 62.5 Å². The monoisotopic (exact) mass is 250 g/mol. The third kappa shape index (κ3) is 2.22. The van der Waals surface area contributed by atoms with Crippen LogP contribution in [0.2, 0.25) is 0 Å². The maximum atomic E-state index is 4.48. The van der Waals surface area contributed by atoms with Gasteiger partial charge >= 0.3 is 0 Å². The molecule has 1 aromatic rings. The van der Waals surface area contributed by atoms with Crippen LogP contribution in [0.3, 0.4) is 0 Å². The molecular weight excluding hydrogens is 232 g/mol. The van der Waals surface area contributed by atoms with Crippen LogP contribution in [0.15, 0.2) is 28.0 Å². The molecule has 0 aliphatic carbocycles. The largest absolute Gasteiger partial charge is 0.361 e. The van der Waals surface area contributed by atoms with Crippen LogP contribution in [0.5, 0.6) is 0 Å². The average molecular weight is 251 g/mol. The van der Waals surface area contributed by atoms with Crippen LogP contribution in [0.1, 0.15) is 37.6 Å². The van der Waals surface area contributed by atoms with Gasteiger partial charge < -0.3 is 4.98 Å². The summed E-state index contributed by atoms with van der Waals surface area (Å²) in [5, 5.41) is 0. The molecule has 0 saturated heterocycles. The molecule has 0 unspecified atom stereocenters. The SMILES string of the molecule is CC1=C(C)/C(=C(\C)c2[nH]cc(C)c2C)N=C1.Cl. The number of hydrogen-bond acceptors (Lipinski definition) is 1. The second-order valence-electron chi connectivity index (χ2n) is 4.51. The van der Waals surface area contributed by atoms with Gasteiger partial charge in [0, 0.05) is 18.1 Å². The summed E-state index contributed by atoms with van der Waals surface area (Å²) in [7, 11) is 0. The number of hydrogen-bond donors (Lipinski definition) is 1. The first-order valence-corrected chi connectivity index (χ1v) is 5.60. The van der Waals surface area contributed by atoms with Crippen molar-refractivity contribution in [2.45, 2.75) is 34.6 Å². The first kappa shape index (κ1) is 13.8. The molecule has 0 bridgehead atoms. The zero-order valence-corrected chi connectivity index (χ0v) is 11.8. The fourth-order valence-corrected chi connectivity index (χ4v) is 2.02. The lowest BCUT2D eigenvalue weighted by atomic mass is 10.0. The van der Waals surface area contributed by atoms with Crippen molar-refractivity contribution >= 4 is 24.2 Å². The number of rotatable bonds is 1. The number of H-pyrrole nitrogens is 1. The highest BCUT2D eigenvalue weighted by Gasteiger charge is 2.15. The van der Waals surface area contributed by atoms with Crippen molar-refractivity contribution in [1.29, 1.82) is 0 Å². The minimum absolute atomic E-state index is 0. The lowest BCUT2D eigenvalue weighted by Crippen LogP contribution is -1.89. The third-order valence-electron chi connectivity index (χ3n) is 3.46. The Balaban J connectivity index is 0.00000144. The fourth-order valence-electron chi connectivity index (χ4n) is 2.02. The Morgan fingerprint density at radius 2 is 1.82 bits per heavy atom. The average Bonchev–Trinajstić information content (AvgIpc) is 2.74. The van der Waals surface area contributed by atoms with Crippen LogP contribution in [0.4, 0.5) is 0 Å². The Kier molecular flexibility index (Phi) is 3.99. The number of nitrogens with one attached hydrogen (secondary N) is 1. The lowest BCUT2D eigenvalue weighted by Gasteiger charge is -2.06. The van der Waals surface area contributed by atoms with Crippen LogP contribution in [0.25, 0.3) is 5.57 Å². The topological polar surface area (TPSA) is 28.1 Å². The fraction of sp³-hybridized carbons (Fsp3) is 0.357. The van der Waals surface area contributed by atoms with Crippen molar-refractivity contribution in [3.8, 4) is 0 Å². The minimum atomic E-state index is 0. The van der Waals surface area contributed by atoms with Crippen LogP contribution in [0, 0.1) is 13.8 Å². The molecule has 2 nitrogen and oxygen atoms in total. The van der Waals surface area contributed by atoms with Crippen molar-refractivity contribution in [2.24, 2.45) is 4.99 Å². The molecule has 0 atom stereocenters. The Labute approximate surface area is 109 Å². The van der Waals surface area contributed by atoms with Crippen molar-refractivity contribution < 1.29 is 0 Å². The summed E-state index contributed by atoms with van der Waals surface area (Å²) in [6.45, 7) is 10.6. The predicted octanol–water partition coefficient (Wildman–Crippen LogP) is 4.21. The molecule has 0 aromatic carbocycles. The number of aromatic nitrogens is 1. The highest BCUT2D eigenvalue weighted by Crippen LogP contribution is 2.30. The van der Waals surface area contributed by atoms with E-state index in [0.717, 1.165) is 5.70 Å². The summed E-state index contributed by atoms with van der Waals surface area (Å²) in [4.78, 5) is 7.82. The number of aryl methyl sites for hydroxylation is 1. The number of nitrogens with zero attached hydrogens (tertiary/aromatic N) is 1. The summed E-state index contributed by atoms with van der Waals surface area (Å²) in [6, 6.07) is 0. The van der Waals surface area contributed by atoms with E-state index < -0.39 is 0 Å². The molecule has 0 saturated carbocycles. The summed E-state index contributed by atoms with van der Waals surface area (Å²) >= 11 is 0. The molecule has 1 N–H and O–H groups in total. The van der Waals surface area contributed by atoms with E-state index in [1.807, 2.05) is 6.21 Å². The molecule has 1 aliphatic heterocycles. The van der Waals surface area contributed by atoms with E-state index in [1.54, 1.807) is 0 Å². The Morgan fingerprint density at radius 3 is 2.24 bits per heavy atom. The Morgan fingerprint density at radius 1 is 1.18 bits per heavy atom. The molecule has 17 heavy (non-hydrogen) atoms. The first-order chi connectivity index (χ1) is 7.52. The molecule has 2 rings (SSSR count). The molecule has 92 valence electrons. The summed E-state index contributed by atoms with van der Waals surface area (Å²) in [6.07, 6.45) is 4.00. The lowest BCUT2D eigenvalue weighted by molar-refractivity contribution is 1.25. The second kappa shape index (κ2) is 4.92. The van der Waals surface area contributed by atoms with Gasteiger partial charge in [0.15, 0.2) is 0 Å². The number of halogens is 1. The maximum absolute atomic E-state index is 4.48. The van der Waals surface area contributed by atoms with Crippen molar-refractivity contribution in [3.05, 3.63) is 39.9 Å². The Hall–Kier alpha value is -1.28. The van der Waals surface area contributed by atoms with Crippen molar-refractivity contribution in [2.75, 3.05) is 0 Å². The maximum Gasteiger partial charge on any atom is 0.0712 e. The summed E-state index contributed by atoms with van der Waals surface area (Å²) < 4.78 is 0. The van der Waals surface area contributed by atoms with Crippen LogP contribution >= 0.6 is 12.4 Å². The zero-order valence-electron chi connectivity index (χ0n) is 11.0. The minimum Gasteiger partial charge on any atom is -0.361 e. The molecule has 0 amide bonds.